The minimum atomic E-state index is -0.937. The predicted octanol–water partition coefficient (Wildman–Crippen LogP) is 1.74. The largest absolute Gasteiger partial charge is 0.376 e. The van der Waals surface area contributed by atoms with Crippen LogP contribution in [-0.4, -0.2) is 49.4 Å². The van der Waals surface area contributed by atoms with Crippen LogP contribution < -0.4 is 5.32 Å². The number of rotatable bonds is 3. The normalized spacial score (nSPS) is 20.4. The Morgan fingerprint density at radius 2 is 1.86 bits per heavy atom. The first-order valence-corrected chi connectivity index (χ1v) is 7.33. The Bertz CT molecular complexity index is 552. The van der Waals surface area contributed by atoms with Gasteiger partial charge in [0.2, 0.25) is 5.91 Å². The highest BCUT2D eigenvalue weighted by molar-refractivity contribution is 5.81. The van der Waals surface area contributed by atoms with Crippen LogP contribution in [0, 0.1) is 11.6 Å². The SMILES string of the molecule is O=C(CNc1ccc(F)c(F)c1)N1CCC2(CC1)OCCO2. The average molecular weight is 312 g/mol. The van der Waals surface area contributed by atoms with E-state index in [1.165, 1.54) is 6.07 Å². The van der Waals surface area contributed by atoms with Crippen LogP contribution in [0.4, 0.5) is 14.5 Å². The summed E-state index contributed by atoms with van der Waals surface area (Å²) in [5.41, 5.74) is 0.378. The summed E-state index contributed by atoms with van der Waals surface area (Å²) in [5.74, 6) is -2.44. The fourth-order valence-electron chi connectivity index (χ4n) is 2.78. The molecule has 7 heteroatoms. The molecule has 1 aromatic rings. The molecule has 3 rings (SSSR count). The maximum Gasteiger partial charge on any atom is 0.241 e. The number of halogens is 2. The molecule has 0 aromatic heterocycles. The van der Waals surface area contributed by atoms with E-state index in [2.05, 4.69) is 5.32 Å². The zero-order valence-corrected chi connectivity index (χ0v) is 12.1. The average Bonchev–Trinajstić information content (AvgIpc) is 2.97. The highest BCUT2D eigenvalue weighted by Crippen LogP contribution is 2.31. The van der Waals surface area contributed by atoms with Crippen LogP contribution in [0.15, 0.2) is 18.2 Å². The summed E-state index contributed by atoms with van der Waals surface area (Å²) in [6, 6.07) is 3.46. The number of hydrogen-bond acceptors (Lipinski definition) is 4. The van der Waals surface area contributed by atoms with Gasteiger partial charge in [0, 0.05) is 37.7 Å². The minimum absolute atomic E-state index is 0.0415. The molecule has 0 atom stereocenters. The Kier molecular flexibility index (Phi) is 4.26. The Hall–Kier alpha value is -1.73. The fourth-order valence-corrected chi connectivity index (χ4v) is 2.78. The van der Waals surface area contributed by atoms with Gasteiger partial charge < -0.3 is 19.7 Å². The Morgan fingerprint density at radius 3 is 2.50 bits per heavy atom. The van der Waals surface area contributed by atoms with E-state index in [-0.39, 0.29) is 12.5 Å². The number of piperidine rings is 1. The van der Waals surface area contributed by atoms with E-state index in [1.54, 1.807) is 4.90 Å². The summed E-state index contributed by atoms with van der Waals surface area (Å²) in [4.78, 5) is 13.9. The number of ether oxygens (including phenoxy) is 2. The van der Waals surface area contributed by atoms with Gasteiger partial charge in [-0.25, -0.2) is 8.78 Å². The summed E-state index contributed by atoms with van der Waals surface area (Å²) in [5, 5.41) is 2.81. The van der Waals surface area contributed by atoms with E-state index >= 15 is 0 Å². The van der Waals surface area contributed by atoms with Crippen molar-refractivity contribution in [3.63, 3.8) is 0 Å². The van der Waals surface area contributed by atoms with E-state index < -0.39 is 17.4 Å². The van der Waals surface area contributed by atoms with Crippen LogP contribution >= 0.6 is 0 Å². The minimum Gasteiger partial charge on any atom is -0.376 e. The fraction of sp³-hybridized carbons (Fsp3) is 0.533. The number of nitrogens with one attached hydrogen (secondary N) is 1. The topological polar surface area (TPSA) is 50.8 Å². The molecule has 2 aliphatic rings. The van der Waals surface area contributed by atoms with Gasteiger partial charge in [0.25, 0.3) is 0 Å². The predicted molar refractivity (Wildman–Crippen MR) is 75.3 cm³/mol. The third-order valence-corrected chi connectivity index (χ3v) is 4.05. The van der Waals surface area contributed by atoms with Crippen molar-refractivity contribution < 1.29 is 23.0 Å². The maximum absolute atomic E-state index is 13.1. The number of likely N-dealkylation sites (tertiary alicyclic amines) is 1. The number of carbonyl (C=O) groups is 1. The van der Waals surface area contributed by atoms with Crippen molar-refractivity contribution in [2.24, 2.45) is 0 Å². The van der Waals surface area contributed by atoms with Gasteiger partial charge in [0.1, 0.15) is 0 Å². The molecule has 1 spiro atoms. The Morgan fingerprint density at radius 1 is 1.18 bits per heavy atom. The lowest BCUT2D eigenvalue weighted by atomic mass is 10.0. The number of anilines is 1. The van der Waals surface area contributed by atoms with Crippen LogP contribution in [0.25, 0.3) is 0 Å². The number of carbonyl (C=O) groups excluding carboxylic acids is 1. The zero-order chi connectivity index (χ0) is 15.6. The second-order valence-electron chi connectivity index (χ2n) is 5.47. The number of nitrogens with zero attached hydrogens (tertiary/aromatic N) is 1. The van der Waals surface area contributed by atoms with Crippen LogP contribution in [0.1, 0.15) is 12.8 Å². The molecule has 2 heterocycles. The van der Waals surface area contributed by atoms with Gasteiger partial charge >= 0.3 is 0 Å². The lowest BCUT2D eigenvalue weighted by Gasteiger charge is -2.37. The van der Waals surface area contributed by atoms with Gasteiger partial charge in [-0.3, -0.25) is 4.79 Å². The second kappa shape index (κ2) is 6.18. The lowest BCUT2D eigenvalue weighted by molar-refractivity contribution is -0.187. The lowest BCUT2D eigenvalue weighted by Crippen LogP contribution is -2.48. The maximum atomic E-state index is 13.1. The van der Waals surface area contributed by atoms with Crippen molar-refractivity contribution in [2.75, 3.05) is 38.2 Å². The van der Waals surface area contributed by atoms with E-state index in [9.17, 15) is 13.6 Å². The molecule has 2 fully saturated rings. The van der Waals surface area contributed by atoms with E-state index in [0.29, 0.717) is 44.8 Å². The monoisotopic (exact) mass is 312 g/mol. The molecule has 2 aliphatic heterocycles. The third kappa shape index (κ3) is 3.20. The number of benzene rings is 1. The molecule has 1 amide bonds. The summed E-state index contributed by atoms with van der Waals surface area (Å²) >= 11 is 0. The van der Waals surface area contributed by atoms with E-state index in [0.717, 1.165) is 12.1 Å². The number of hydrogen-bond donors (Lipinski definition) is 1. The first-order valence-electron chi connectivity index (χ1n) is 7.33. The molecule has 5 nitrogen and oxygen atoms in total. The van der Waals surface area contributed by atoms with Crippen molar-refractivity contribution in [3.05, 3.63) is 29.8 Å². The molecule has 0 unspecified atom stereocenters. The van der Waals surface area contributed by atoms with Crippen LogP contribution in [0.3, 0.4) is 0 Å². The molecule has 0 radical (unpaired) electrons. The molecule has 0 bridgehead atoms. The standard InChI is InChI=1S/C15H18F2N2O3/c16-12-2-1-11(9-13(12)17)18-10-14(20)19-5-3-15(4-6-19)21-7-8-22-15/h1-2,9,18H,3-8,10H2. The highest BCUT2D eigenvalue weighted by Gasteiger charge is 2.40. The molecular weight excluding hydrogens is 294 g/mol. The molecule has 22 heavy (non-hydrogen) atoms. The summed E-state index contributed by atoms with van der Waals surface area (Å²) in [6.07, 6.45) is 1.31. The summed E-state index contributed by atoms with van der Waals surface area (Å²) < 4.78 is 37.1. The molecule has 2 saturated heterocycles. The van der Waals surface area contributed by atoms with Gasteiger partial charge in [-0.05, 0) is 12.1 Å². The van der Waals surface area contributed by atoms with Gasteiger partial charge in [0.05, 0.1) is 19.8 Å². The van der Waals surface area contributed by atoms with Crippen LogP contribution in [0.5, 0.6) is 0 Å². The quantitative estimate of drug-likeness (QED) is 0.924. The summed E-state index contributed by atoms with van der Waals surface area (Å²) in [6.45, 7) is 2.38. The molecule has 0 aliphatic carbocycles. The Labute approximate surface area is 127 Å². The highest BCUT2D eigenvalue weighted by atomic mass is 19.2. The molecular formula is C15H18F2N2O3. The second-order valence-corrected chi connectivity index (χ2v) is 5.47. The van der Waals surface area contributed by atoms with Gasteiger partial charge in [-0.2, -0.15) is 0 Å². The Balaban J connectivity index is 1.49. The zero-order valence-electron chi connectivity index (χ0n) is 12.1. The number of amides is 1. The van der Waals surface area contributed by atoms with Crippen LogP contribution in [-0.2, 0) is 14.3 Å². The first kappa shape index (κ1) is 15.2. The third-order valence-electron chi connectivity index (χ3n) is 4.05. The van der Waals surface area contributed by atoms with Gasteiger partial charge in [-0.1, -0.05) is 0 Å². The van der Waals surface area contributed by atoms with Crippen molar-refractivity contribution in [3.8, 4) is 0 Å². The van der Waals surface area contributed by atoms with Crippen LogP contribution in [0.2, 0.25) is 0 Å². The summed E-state index contributed by atoms with van der Waals surface area (Å²) in [7, 11) is 0. The van der Waals surface area contributed by atoms with Crippen molar-refractivity contribution in [1.82, 2.24) is 4.90 Å². The first-order chi connectivity index (χ1) is 10.6. The van der Waals surface area contributed by atoms with Crippen molar-refractivity contribution >= 4 is 11.6 Å². The van der Waals surface area contributed by atoms with Crippen molar-refractivity contribution in [2.45, 2.75) is 18.6 Å². The smallest absolute Gasteiger partial charge is 0.241 e. The molecule has 1 N–H and O–H groups in total. The van der Waals surface area contributed by atoms with Gasteiger partial charge in [-0.15, -0.1) is 0 Å². The molecule has 0 saturated carbocycles. The molecule has 120 valence electrons. The van der Waals surface area contributed by atoms with Crippen molar-refractivity contribution in [1.29, 1.82) is 0 Å². The molecule has 1 aromatic carbocycles. The van der Waals surface area contributed by atoms with E-state index in [1.807, 2.05) is 0 Å². The van der Waals surface area contributed by atoms with E-state index in [4.69, 9.17) is 9.47 Å². The van der Waals surface area contributed by atoms with Gasteiger partial charge in [0.15, 0.2) is 17.4 Å².